The largest absolute Gasteiger partial charge is 0.247 e. The highest BCUT2D eigenvalue weighted by Crippen LogP contribution is 2.45. The lowest BCUT2D eigenvalue weighted by Gasteiger charge is -2.18. The van der Waals surface area contributed by atoms with Gasteiger partial charge in [-0.1, -0.05) is 102 Å². The van der Waals surface area contributed by atoms with E-state index in [1.165, 1.54) is 4.90 Å². The van der Waals surface area contributed by atoms with Crippen molar-refractivity contribution in [1.82, 2.24) is 4.98 Å². The maximum absolute atomic E-state index is 6.41. The van der Waals surface area contributed by atoms with Gasteiger partial charge in [0, 0.05) is 31.3 Å². The Labute approximate surface area is 185 Å². The summed E-state index contributed by atoms with van der Waals surface area (Å²) in [5.74, 6) is 0. The summed E-state index contributed by atoms with van der Waals surface area (Å²) in [6.45, 7) is 0. The van der Waals surface area contributed by atoms with Gasteiger partial charge in [-0.25, -0.2) is 4.98 Å². The normalized spacial score (nSPS) is 11.0. The van der Waals surface area contributed by atoms with Crippen LogP contribution in [-0.2, 0) is 0 Å². The van der Waals surface area contributed by atoms with Crippen molar-refractivity contribution in [2.45, 2.75) is 9.79 Å². The van der Waals surface area contributed by atoms with Gasteiger partial charge in [-0.05, 0) is 35.9 Å². The number of hydrogen-bond donors (Lipinski definition) is 0. The summed E-state index contributed by atoms with van der Waals surface area (Å²) in [7, 11) is 0. The minimum atomic E-state index is 0.713. The standard InChI is InChI=1S/C27H18ClNS/c28-21-16-17-24-23(18-21)25(19-10-4-1-5-11-19)27(30-22-14-8-3-9-15-22)26(29-24)20-12-6-2-7-13-20/h1-18H. The molecule has 0 amide bonds. The number of halogens is 1. The molecule has 0 radical (unpaired) electrons. The Morgan fingerprint density at radius 2 is 1.23 bits per heavy atom. The molecule has 0 aliphatic rings. The van der Waals surface area contributed by atoms with Crippen molar-refractivity contribution < 1.29 is 0 Å². The molecular weight excluding hydrogens is 406 g/mol. The maximum atomic E-state index is 6.41. The predicted octanol–water partition coefficient (Wildman–Crippen LogP) is 8.37. The minimum Gasteiger partial charge on any atom is -0.247 e. The fourth-order valence-corrected chi connectivity index (χ4v) is 4.90. The van der Waals surface area contributed by atoms with Crippen LogP contribution >= 0.6 is 23.4 Å². The van der Waals surface area contributed by atoms with Crippen LogP contribution in [0.3, 0.4) is 0 Å². The molecule has 0 aliphatic carbocycles. The van der Waals surface area contributed by atoms with E-state index in [1.54, 1.807) is 11.8 Å². The Morgan fingerprint density at radius 3 is 1.90 bits per heavy atom. The highest BCUT2D eigenvalue weighted by atomic mass is 35.5. The number of aromatic nitrogens is 1. The molecule has 0 bridgehead atoms. The van der Waals surface area contributed by atoms with Crippen LogP contribution in [0.1, 0.15) is 0 Å². The fraction of sp³-hybridized carbons (Fsp3) is 0. The molecule has 5 aromatic rings. The van der Waals surface area contributed by atoms with E-state index in [2.05, 4.69) is 72.8 Å². The summed E-state index contributed by atoms with van der Waals surface area (Å²) in [5.41, 5.74) is 5.34. The molecule has 1 nitrogen and oxygen atoms in total. The van der Waals surface area contributed by atoms with Crippen LogP contribution in [0.25, 0.3) is 33.3 Å². The predicted molar refractivity (Wildman–Crippen MR) is 128 cm³/mol. The van der Waals surface area contributed by atoms with Gasteiger partial charge in [0.2, 0.25) is 0 Å². The van der Waals surface area contributed by atoms with E-state index >= 15 is 0 Å². The number of rotatable bonds is 4. The van der Waals surface area contributed by atoms with Crippen LogP contribution in [0.15, 0.2) is 119 Å². The molecule has 144 valence electrons. The summed E-state index contributed by atoms with van der Waals surface area (Å²) < 4.78 is 0. The monoisotopic (exact) mass is 423 g/mol. The molecule has 4 aromatic carbocycles. The third-order valence-corrected chi connectivity index (χ3v) is 6.32. The SMILES string of the molecule is Clc1ccc2nc(-c3ccccc3)c(Sc3ccccc3)c(-c3ccccc3)c2c1. The topological polar surface area (TPSA) is 12.9 Å². The van der Waals surface area contributed by atoms with Gasteiger partial charge in [0.25, 0.3) is 0 Å². The van der Waals surface area contributed by atoms with Gasteiger partial charge < -0.3 is 0 Å². The molecule has 0 aliphatic heterocycles. The molecule has 0 unspecified atom stereocenters. The summed E-state index contributed by atoms with van der Waals surface area (Å²) in [6.07, 6.45) is 0. The van der Waals surface area contributed by atoms with Crippen LogP contribution < -0.4 is 0 Å². The van der Waals surface area contributed by atoms with E-state index in [0.29, 0.717) is 5.02 Å². The lowest BCUT2D eigenvalue weighted by atomic mass is 9.98. The lowest BCUT2D eigenvalue weighted by molar-refractivity contribution is 1.29. The lowest BCUT2D eigenvalue weighted by Crippen LogP contribution is -1.95. The van der Waals surface area contributed by atoms with Crippen LogP contribution in [0.4, 0.5) is 0 Å². The molecule has 5 rings (SSSR count). The number of hydrogen-bond acceptors (Lipinski definition) is 2. The first kappa shape index (κ1) is 18.9. The van der Waals surface area contributed by atoms with E-state index in [-0.39, 0.29) is 0 Å². The summed E-state index contributed by atoms with van der Waals surface area (Å²) in [6, 6.07) is 37.3. The van der Waals surface area contributed by atoms with E-state index in [9.17, 15) is 0 Å². The Balaban J connectivity index is 1.88. The van der Waals surface area contributed by atoms with Crippen molar-refractivity contribution in [2.75, 3.05) is 0 Å². The maximum Gasteiger partial charge on any atom is 0.0855 e. The summed E-state index contributed by atoms with van der Waals surface area (Å²) in [4.78, 5) is 7.40. The van der Waals surface area contributed by atoms with Crippen molar-refractivity contribution in [2.24, 2.45) is 0 Å². The Hall–Kier alpha value is -3.07. The summed E-state index contributed by atoms with van der Waals surface area (Å²) in [5, 5.41) is 1.77. The van der Waals surface area contributed by atoms with Gasteiger partial charge in [-0.3, -0.25) is 0 Å². The molecule has 0 fully saturated rings. The highest BCUT2D eigenvalue weighted by Gasteiger charge is 2.19. The first-order chi connectivity index (χ1) is 14.8. The van der Waals surface area contributed by atoms with Gasteiger partial charge in [0.1, 0.15) is 0 Å². The zero-order valence-corrected chi connectivity index (χ0v) is 17.7. The molecule has 0 N–H and O–H groups in total. The van der Waals surface area contributed by atoms with Crippen molar-refractivity contribution in [1.29, 1.82) is 0 Å². The number of nitrogens with zero attached hydrogens (tertiary/aromatic N) is 1. The van der Waals surface area contributed by atoms with Crippen LogP contribution in [0, 0.1) is 0 Å². The number of benzene rings is 4. The van der Waals surface area contributed by atoms with E-state index < -0.39 is 0 Å². The van der Waals surface area contributed by atoms with E-state index in [4.69, 9.17) is 16.6 Å². The van der Waals surface area contributed by atoms with Crippen molar-refractivity contribution in [3.63, 3.8) is 0 Å². The van der Waals surface area contributed by atoms with Crippen LogP contribution in [0.5, 0.6) is 0 Å². The number of fused-ring (bicyclic) bond motifs is 1. The molecule has 1 heterocycles. The number of pyridine rings is 1. The van der Waals surface area contributed by atoms with E-state index in [1.807, 2.05) is 36.4 Å². The van der Waals surface area contributed by atoms with Gasteiger partial charge in [0.05, 0.1) is 11.2 Å². The molecule has 0 atom stereocenters. The molecule has 0 saturated carbocycles. The first-order valence-corrected chi connectivity index (χ1v) is 11.0. The zero-order valence-electron chi connectivity index (χ0n) is 16.1. The second-order valence-electron chi connectivity index (χ2n) is 6.97. The minimum absolute atomic E-state index is 0.713. The van der Waals surface area contributed by atoms with Gasteiger partial charge in [-0.2, -0.15) is 0 Å². The Morgan fingerprint density at radius 1 is 0.633 bits per heavy atom. The Kier molecular flexibility index (Phi) is 5.27. The van der Waals surface area contributed by atoms with Gasteiger partial charge in [-0.15, -0.1) is 0 Å². The fourth-order valence-electron chi connectivity index (χ4n) is 3.61. The zero-order chi connectivity index (χ0) is 20.3. The third kappa shape index (κ3) is 3.72. The van der Waals surface area contributed by atoms with Crippen LogP contribution in [-0.4, -0.2) is 4.98 Å². The molecule has 0 saturated heterocycles. The third-order valence-electron chi connectivity index (χ3n) is 4.98. The molecule has 1 aromatic heterocycles. The Bertz CT molecular complexity index is 1300. The molecule has 30 heavy (non-hydrogen) atoms. The van der Waals surface area contributed by atoms with Crippen molar-refractivity contribution in [3.8, 4) is 22.4 Å². The second kappa shape index (κ2) is 8.35. The van der Waals surface area contributed by atoms with Crippen molar-refractivity contribution in [3.05, 3.63) is 114 Å². The first-order valence-electron chi connectivity index (χ1n) is 9.76. The average Bonchev–Trinajstić information content (AvgIpc) is 2.80. The molecule has 0 spiro atoms. The summed E-state index contributed by atoms with van der Waals surface area (Å²) >= 11 is 8.16. The quantitative estimate of drug-likeness (QED) is 0.288. The van der Waals surface area contributed by atoms with E-state index in [0.717, 1.165) is 38.2 Å². The van der Waals surface area contributed by atoms with Crippen molar-refractivity contribution >= 4 is 34.3 Å². The molecule has 3 heteroatoms. The van der Waals surface area contributed by atoms with Gasteiger partial charge >= 0.3 is 0 Å². The highest BCUT2D eigenvalue weighted by molar-refractivity contribution is 7.99. The van der Waals surface area contributed by atoms with Crippen LogP contribution in [0.2, 0.25) is 5.02 Å². The second-order valence-corrected chi connectivity index (χ2v) is 8.49. The smallest absolute Gasteiger partial charge is 0.0855 e. The van der Waals surface area contributed by atoms with Gasteiger partial charge in [0.15, 0.2) is 0 Å². The molecular formula is C27H18ClNS. The average molecular weight is 424 g/mol.